The molecule has 15 nitrogen and oxygen atoms in total. The second kappa shape index (κ2) is 21.3. The summed E-state index contributed by atoms with van der Waals surface area (Å²) in [4.78, 5) is 113. The standard InChI is InChI=1S/C40H59N7O8S2/c1-5-13-27(41)33(49)39(55)47(38(54)29-21-40(22-43-29)56-18-12-19-57-40)32(37(53)46-31(35(42)51)26-16-10-7-11-17-26)34(50)30(25-14-8-6-9-15-25)45-36(52)28(20-23(2)3)44-24(4)48/h7,10-11,16-17,23,25,27-32,43H,5-6,8-9,12-15,18-22,41H2,1-4H3,(H2,42,51)(H,44,48)(H,45,52)(H,46,53)/t27-,28-,29?,30-,31?,32?/m0/s1. The van der Waals surface area contributed by atoms with Crippen LogP contribution in [0.1, 0.15) is 104 Å². The number of rotatable bonds is 18. The third kappa shape index (κ3) is 12.1. The maximum absolute atomic E-state index is 15.4. The molecule has 1 aromatic carbocycles. The van der Waals surface area contributed by atoms with Gasteiger partial charge in [0.2, 0.25) is 29.4 Å². The molecule has 1 aromatic rings. The second-order valence-electron chi connectivity index (χ2n) is 15.7. The fourth-order valence-corrected chi connectivity index (χ4v) is 11.1. The molecule has 17 heteroatoms. The number of carbonyl (C=O) groups excluding carboxylic acids is 8. The highest BCUT2D eigenvalue weighted by Crippen LogP contribution is 2.48. The number of carbonyl (C=O) groups is 8. The number of Topliss-reactive ketones (excluding diaryl/α,β-unsaturated/α-hetero) is 2. The molecule has 8 N–H and O–H groups in total. The van der Waals surface area contributed by atoms with Crippen LogP contribution in [0.2, 0.25) is 0 Å². The molecule has 3 aliphatic rings. The summed E-state index contributed by atoms with van der Waals surface area (Å²) in [5.74, 6) is -6.83. The fourth-order valence-electron chi connectivity index (χ4n) is 7.80. The van der Waals surface area contributed by atoms with E-state index >= 15 is 4.79 Å². The zero-order valence-corrected chi connectivity index (χ0v) is 35.0. The van der Waals surface area contributed by atoms with Crippen LogP contribution in [-0.4, -0.2) is 104 Å². The van der Waals surface area contributed by atoms with E-state index in [4.69, 9.17) is 11.5 Å². The molecule has 4 rings (SSSR count). The largest absolute Gasteiger partial charge is 0.368 e. The molecule has 2 saturated heterocycles. The number of hydrogen-bond acceptors (Lipinski definition) is 12. The number of primary amides is 1. The quantitative estimate of drug-likeness (QED) is 0.0919. The van der Waals surface area contributed by atoms with Crippen LogP contribution >= 0.6 is 23.5 Å². The van der Waals surface area contributed by atoms with Gasteiger partial charge >= 0.3 is 0 Å². The first-order valence-corrected chi connectivity index (χ1v) is 22.0. The van der Waals surface area contributed by atoms with E-state index in [1.807, 2.05) is 13.8 Å². The first kappa shape index (κ1) is 45.9. The van der Waals surface area contributed by atoms with E-state index in [0.717, 1.165) is 24.3 Å². The summed E-state index contributed by atoms with van der Waals surface area (Å²) in [5, 5.41) is 11.1. The van der Waals surface area contributed by atoms with Crippen LogP contribution < -0.4 is 32.7 Å². The third-order valence-corrected chi connectivity index (χ3v) is 14.0. The van der Waals surface area contributed by atoms with E-state index < -0.39 is 93.3 Å². The molecular weight excluding hydrogens is 771 g/mol. The molecule has 6 atom stereocenters. The monoisotopic (exact) mass is 829 g/mol. The van der Waals surface area contributed by atoms with Gasteiger partial charge in [0.1, 0.15) is 12.1 Å². The molecule has 3 fully saturated rings. The molecule has 314 valence electrons. The van der Waals surface area contributed by atoms with Gasteiger partial charge in [0.25, 0.3) is 11.8 Å². The molecule has 3 unspecified atom stereocenters. The van der Waals surface area contributed by atoms with Crippen LogP contribution in [-0.2, 0) is 38.4 Å². The van der Waals surface area contributed by atoms with Crippen molar-refractivity contribution in [2.75, 3.05) is 18.1 Å². The van der Waals surface area contributed by atoms with Gasteiger partial charge in [0.05, 0.1) is 22.2 Å². The Morgan fingerprint density at radius 3 is 2.14 bits per heavy atom. The Labute approximate surface area is 343 Å². The SMILES string of the molecule is CCC[C@H](N)C(=O)C(=O)N(C(=O)C1CC2(CN1)SCCCS2)C(C(=O)NC(C(N)=O)c1ccccc1)C(=O)[C@@H](NC(=O)[C@H](CC(C)C)NC(C)=O)C1CCCCC1. The van der Waals surface area contributed by atoms with Gasteiger partial charge in [0, 0.05) is 13.5 Å². The predicted octanol–water partition coefficient (Wildman–Crippen LogP) is 1.86. The van der Waals surface area contributed by atoms with Gasteiger partial charge in [-0.2, -0.15) is 0 Å². The van der Waals surface area contributed by atoms with Crippen LogP contribution in [0, 0.1) is 11.8 Å². The van der Waals surface area contributed by atoms with Crippen molar-refractivity contribution in [3.63, 3.8) is 0 Å². The van der Waals surface area contributed by atoms with Crippen molar-refractivity contribution in [3.8, 4) is 0 Å². The van der Waals surface area contributed by atoms with E-state index in [-0.39, 0.29) is 30.7 Å². The van der Waals surface area contributed by atoms with Crippen LogP contribution in [0.5, 0.6) is 0 Å². The minimum atomic E-state index is -2.32. The Morgan fingerprint density at radius 1 is 0.912 bits per heavy atom. The van der Waals surface area contributed by atoms with E-state index in [2.05, 4.69) is 21.3 Å². The average molecular weight is 830 g/mol. The number of nitrogens with one attached hydrogen (secondary N) is 4. The highest BCUT2D eigenvalue weighted by atomic mass is 32.2. The van der Waals surface area contributed by atoms with E-state index in [0.29, 0.717) is 43.5 Å². The fraction of sp³-hybridized carbons (Fsp3) is 0.650. The first-order valence-electron chi connectivity index (χ1n) is 20.0. The van der Waals surface area contributed by atoms with Crippen LogP contribution in [0.15, 0.2) is 30.3 Å². The number of benzene rings is 1. The third-order valence-electron chi connectivity index (χ3n) is 10.7. The summed E-state index contributed by atoms with van der Waals surface area (Å²) in [6.45, 7) is 7.17. The molecule has 6 amide bonds. The van der Waals surface area contributed by atoms with Gasteiger partial charge < -0.3 is 32.7 Å². The molecule has 0 aromatic heterocycles. The molecule has 1 aliphatic carbocycles. The minimum Gasteiger partial charge on any atom is -0.368 e. The lowest BCUT2D eigenvalue weighted by molar-refractivity contribution is -0.161. The van der Waals surface area contributed by atoms with Crippen molar-refractivity contribution < 1.29 is 38.4 Å². The van der Waals surface area contributed by atoms with Crippen molar-refractivity contribution in [2.45, 2.75) is 132 Å². The zero-order valence-electron chi connectivity index (χ0n) is 33.4. The Hall–Kier alpha value is -3.80. The number of amides is 6. The van der Waals surface area contributed by atoms with Crippen molar-refractivity contribution in [2.24, 2.45) is 23.3 Å². The Balaban J connectivity index is 1.87. The van der Waals surface area contributed by atoms with Gasteiger partial charge in [0.15, 0.2) is 11.8 Å². The zero-order chi connectivity index (χ0) is 41.9. The predicted molar refractivity (Wildman–Crippen MR) is 219 cm³/mol. The molecule has 0 radical (unpaired) electrons. The van der Waals surface area contributed by atoms with E-state index in [1.54, 1.807) is 48.6 Å². The van der Waals surface area contributed by atoms with Gasteiger partial charge in [-0.3, -0.25) is 43.3 Å². The molecule has 1 spiro atoms. The van der Waals surface area contributed by atoms with Gasteiger partial charge in [-0.25, -0.2) is 0 Å². The summed E-state index contributed by atoms with van der Waals surface area (Å²) in [5.41, 5.74) is 12.2. The maximum atomic E-state index is 15.4. The summed E-state index contributed by atoms with van der Waals surface area (Å²) >= 11 is 3.37. The van der Waals surface area contributed by atoms with Crippen molar-refractivity contribution >= 4 is 70.5 Å². The number of imide groups is 1. The Bertz CT molecular complexity index is 1630. The summed E-state index contributed by atoms with van der Waals surface area (Å²) in [7, 11) is 0. The molecule has 57 heavy (non-hydrogen) atoms. The lowest BCUT2D eigenvalue weighted by Gasteiger charge is -2.37. The minimum absolute atomic E-state index is 0.0366. The second-order valence-corrected chi connectivity index (χ2v) is 18.9. The van der Waals surface area contributed by atoms with Crippen LogP contribution in [0.25, 0.3) is 0 Å². The van der Waals surface area contributed by atoms with Crippen molar-refractivity contribution in [1.29, 1.82) is 0 Å². The summed E-state index contributed by atoms with van der Waals surface area (Å²) in [6, 6.07) is -0.697. The van der Waals surface area contributed by atoms with Crippen LogP contribution in [0.3, 0.4) is 0 Å². The van der Waals surface area contributed by atoms with Crippen molar-refractivity contribution in [1.82, 2.24) is 26.2 Å². The molecular formula is C40H59N7O8S2. The molecule has 0 bridgehead atoms. The van der Waals surface area contributed by atoms with E-state index in [9.17, 15) is 33.6 Å². The average Bonchev–Trinajstić information content (AvgIpc) is 3.59. The maximum Gasteiger partial charge on any atom is 0.299 e. The number of nitrogens with zero attached hydrogens (tertiary/aromatic N) is 1. The van der Waals surface area contributed by atoms with Gasteiger partial charge in [-0.05, 0) is 67.4 Å². The van der Waals surface area contributed by atoms with E-state index in [1.165, 1.54) is 19.1 Å². The number of ketones is 2. The molecule has 2 heterocycles. The van der Waals surface area contributed by atoms with Crippen molar-refractivity contribution in [3.05, 3.63) is 35.9 Å². The van der Waals surface area contributed by atoms with Gasteiger partial charge in [-0.1, -0.05) is 76.8 Å². The first-order chi connectivity index (χ1) is 27.1. The van der Waals surface area contributed by atoms with Gasteiger partial charge in [-0.15, -0.1) is 23.5 Å². The summed E-state index contributed by atoms with van der Waals surface area (Å²) < 4.78 is -0.407. The lowest BCUT2D eigenvalue weighted by Crippen LogP contribution is -2.66. The molecule has 1 saturated carbocycles. The number of thioether (sulfide) groups is 2. The normalized spacial score (nSPS) is 20.7. The number of nitrogens with two attached hydrogens (primary N) is 2. The Kier molecular flexibility index (Phi) is 17.1. The van der Waals surface area contributed by atoms with Crippen LogP contribution in [0.4, 0.5) is 0 Å². The number of hydrogen-bond donors (Lipinski definition) is 6. The Morgan fingerprint density at radius 2 is 1.56 bits per heavy atom. The highest BCUT2D eigenvalue weighted by Gasteiger charge is 2.52. The lowest BCUT2D eigenvalue weighted by atomic mass is 9.80. The smallest absolute Gasteiger partial charge is 0.299 e. The summed E-state index contributed by atoms with van der Waals surface area (Å²) in [6.07, 6.45) is 5.19. The highest BCUT2D eigenvalue weighted by molar-refractivity contribution is 8.18. The molecule has 2 aliphatic heterocycles. The topological polar surface area (TPSA) is 240 Å².